The van der Waals surface area contributed by atoms with Gasteiger partial charge < -0.3 is 14.2 Å². The van der Waals surface area contributed by atoms with E-state index in [0.717, 1.165) is 24.8 Å². The number of carbonyl (C=O) groups is 2. The molecule has 6 nitrogen and oxygen atoms in total. The predicted molar refractivity (Wildman–Crippen MR) is 114 cm³/mol. The smallest absolute Gasteiger partial charge is 0.358 e. The molecule has 2 aromatic carbocycles. The molecule has 30 heavy (non-hydrogen) atoms. The number of aromatic nitrogens is 1. The maximum atomic E-state index is 12.4. The Morgan fingerprint density at radius 1 is 1.00 bits per heavy atom. The zero-order valence-corrected chi connectivity index (χ0v) is 17.6. The largest absolute Gasteiger partial charge is 0.493 e. The summed E-state index contributed by atoms with van der Waals surface area (Å²) in [7, 11) is 3.13. The lowest BCUT2D eigenvalue weighted by Gasteiger charge is -2.08. The summed E-state index contributed by atoms with van der Waals surface area (Å²) < 4.78 is 15.8. The molecule has 154 valence electrons. The van der Waals surface area contributed by atoms with Crippen molar-refractivity contribution in [3.8, 4) is 22.1 Å². The normalized spacial score (nSPS) is 12.3. The van der Waals surface area contributed by atoms with Gasteiger partial charge in [0.15, 0.2) is 29.6 Å². The Bertz CT molecular complexity index is 1100. The van der Waals surface area contributed by atoms with Gasteiger partial charge in [0, 0.05) is 16.5 Å². The van der Waals surface area contributed by atoms with Crippen LogP contribution in [0.3, 0.4) is 0 Å². The highest BCUT2D eigenvalue weighted by Gasteiger charge is 2.18. The molecule has 1 aromatic heterocycles. The molecule has 1 aliphatic carbocycles. The zero-order valence-electron chi connectivity index (χ0n) is 16.8. The molecule has 0 bridgehead atoms. The molecule has 0 N–H and O–H groups in total. The van der Waals surface area contributed by atoms with Gasteiger partial charge in [-0.1, -0.05) is 12.1 Å². The van der Waals surface area contributed by atoms with Crippen LogP contribution >= 0.6 is 11.3 Å². The summed E-state index contributed by atoms with van der Waals surface area (Å²) in [5, 5.41) is 2.27. The summed E-state index contributed by atoms with van der Waals surface area (Å²) >= 11 is 1.31. The number of ketones is 1. The fourth-order valence-corrected chi connectivity index (χ4v) is 4.29. The maximum absolute atomic E-state index is 12.4. The number of Topliss-reactive ketones (excluding diaryl/α,β-unsaturated/α-hetero) is 1. The topological polar surface area (TPSA) is 74.7 Å². The van der Waals surface area contributed by atoms with Crippen LogP contribution in [-0.2, 0) is 17.6 Å². The molecular formula is C23H21NO5S. The maximum Gasteiger partial charge on any atom is 0.358 e. The molecule has 0 saturated carbocycles. The van der Waals surface area contributed by atoms with E-state index >= 15 is 0 Å². The van der Waals surface area contributed by atoms with E-state index in [2.05, 4.69) is 4.98 Å². The van der Waals surface area contributed by atoms with E-state index in [1.807, 2.05) is 18.2 Å². The van der Waals surface area contributed by atoms with E-state index in [1.54, 1.807) is 37.8 Å². The number of rotatable bonds is 7. The average Bonchev–Trinajstić information content (AvgIpc) is 3.45. The number of carbonyl (C=O) groups excluding carboxylic acids is 2. The lowest BCUT2D eigenvalue weighted by Crippen LogP contribution is -2.14. The number of nitrogens with zero attached hydrogens (tertiary/aromatic N) is 1. The number of esters is 1. The average molecular weight is 423 g/mol. The zero-order chi connectivity index (χ0) is 21.1. The van der Waals surface area contributed by atoms with Crippen molar-refractivity contribution in [3.63, 3.8) is 0 Å². The van der Waals surface area contributed by atoms with Crippen LogP contribution in [0.4, 0.5) is 0 Å². The molecule has 0 aliphatic heterocycles. The Labute approximate surface area is 178 Å². The van der Waals surface area contributed by atoms with Crippen molar-refractivity contribution < 1.29 is 23.8 Å². The van der Waals surface area contributed by atoms with Crippen molar-refractivity contribution in [2.24, 2.45) is 0 Å². The van der Waals surface area contributed by atoms with Gasteiger partial charge in [-0.25, -0.2) is 9.78 Å². The number of aryl methyl sites for hydroxylation is 2. The lowest BCUT2D eigenvalue weighted by molar-refractivity contribution is 0.0470. The van der Waals surface area contributed by atoms with Crippen LogP contribution in [0.1, 0.15) is 38.4 Å². The van der Waals surface area contributed by atoms with Crippen molar-refractivity contribution in [2.45, 2.75) is 19.3 Å². The van der Waals surface area contributed by atoms with Gasteiger partial charge >= 0.3 is 5.97 Å². The first-order valence-corrected chi connectivity index (χ1v) is 10.5. The Kier molecular flexibility index (Phi) is 5.81. The molecule has 3 aromatic rings. The van der Waals surface area contributed by atoms with E-state index in [1.165, 1.54) is 22.5 Å². The number of fused-ring (bicyclic) bond motifs is 1. The van der Waals surface area contributed by atoms with Crippen molar-refractivity contribution >= 4 is 23.1 Å². The SMILES string of the molecule is COc1ccc(-c2nc(C(=O)OCC(=O)c3ccc4c(c3)CCC4)cs2)cc1OC. The molecule has 1 heterocycles. The third-order valence-corrected chi connectivity index (χ3v) is 5.99. The van der Waals surface area contributed by atoms with Gasteiger partial charge in [0.2, 0.25) is 0 Å². The van der Waals surface area contributed by atoms with Crippen molar-refractivity contribution in [2.75, 3.05) is 20.8 Å². The fraction of sp³-hybridized carbons (Fsp3) is 0.261. The molecule has 0 saturated heterocycles. The minimum atomic E-state index is -0.618. The molecule has 7 heteroatoms. The van der Waals surface area contributed by atoms with Gasteiger partial charge in [0.1, 0.15) is 5.01 Å². The Morgan fingerprint density at radius 3 is 2.60 bits per heavy atom. The third-order valence-electron chi connectivity index (χ3n) is 5.10. The van der Waals surface area contributed by atoms with Crippen LogP contribution in [0, 0.1) is 0 Å². The first-order chi connectivity index (χ1) is 14.6. The van der Waals surface area contributed by atoms with Crippen molar-refractivity contribution in [1.82, 2.24) is 4.98 Å². The van der Waals surface area contributed by atoms with E-state index < -0.39 is 5.97 Å². The summed E-state index contributed by atoms with van der Waals surface area (Å²) in [6, 6.07) is 11.1. The molecule has 4 rings (SSSR count). The predicted octanol–water partition coefficient (Wildman–Crippen LogP) is 4.36. The van der Waals surface area contributed by atoms with E-state index in [4.69, 9.17) is 14.2 Å². The lowest BCUT2D eigenvalue weighted by atomic mass is 10.0. The van der Waals surface area contributed by atoms with Crippen LogP contribution in [0.2, 0.25) is 0 Å². The Balaban J connectivity index is 1.41. The van der Waals surface area contributed by atoms with E-state index in [9.17, 15) is 9.59 Å². The van der Waals surface area contributed by atoms with Crippen molar-refractivity contribution in [3.05, 3.63) is 64.2 Å². The van der Waals surface area contributed by atoms with E-state index in [0.29, 0.717) is 22.1 Å². The molecule has 0 radical (unpaired) electrons. The molecule has 0 atom stereocenters. The second-order valence-electron chi connectivity index (χ2n) is 6.94. The van der Waals surface area contributed by atoms with Gasteiger partial charge in [-0.05, 0) is 54.7 Å². The number of thiazole rings is 1. The minimum Gasteiger partial charge on any atom is -0.493 e. The number of benzene rings is 2. The van der Waals surface area contributed by atoms with Crippen molar-refractivity contribution in [1.29, 1.82) is 0 Å². The number of ether oxygens (including phenoxy) is 3. The van der Waals surface area contributed by atoms with Crippen LogP contribution < -0.4 is 9.47 Å². The van der Waals surface area contributed by atoms with Crippen LogP contribution in [0.15, 0.2) is 41.8 Å². The van der Waals surface area contributed by atoms with Gasteiger partial charge in [-0.3, -0.25) is 4.79 Å². The molecule has 0 amide bonds. The van der Waals surface area contributed by atoms with Crippen LogP contribution in [-0.4, -0.2) is 37.6 Å². The third kappa shape index (κ3) is 4.07. The highest BCUT2D eigenvalue weighted by atomic mass is 32.1. The first kappa shape index (κ1) is 20.1. The number of hydrogen-bond acceptors (Lipinski definition) is 7. The molecule has 0 spiro atoms. The highest BCUT2D eigenvalue weighted by Crippen LogP contribution is 2.33. The summed E-state index contributed by atoms with van der Waals surface area (Å²) in [4.78, 5) is 29.1. The summed E-state index contributed by atoms with van der Waals surface area (Å²) in [6.45, 7) is -0.305. The Morgan fingerprint density at radius 2 is 1.80 bits per heavy atom. The number of methoxy groups -OCH3 is 2. The standard InChI is InChI=1S/C23H21NO5S/c1-27-20-9-8-17(11-21(20)28-2)22-24-18(13-30-22)23(26)29-12-19(25)16-7-6-14-4-3-5-15(14)10-16/h6-11,13H,3-5,12H2,1-2H3. The monoisotopic (exact) mass is 423 g/mol. The van der Waals surface area contributed by atoms with Gasteiger partial charge in [0.25, 0.3) is 0 Å². The molecule has 0 unspecified atom stereocenters. The molecule has 1 aliphatic rings. The van der Waals surface area contributed by atoms with Gasteiger partial charge in [-0.2, -0.15) is 0 Å². The Hall–Kier alpha value is -3.19. The summed E-state index contributed by atoms with van der Waals surface area (Å²) in [5.41, 5.74) is 4.06. The van der Waals surface area contributed by atoms with E-state index in [-0.39, 0.29) is 18.1 Å². The molecular weight excluding hydrogens is 402 g/mol. The fourth-order valence-electron chi connectivity index (χ4n) is 3.50. The van der Waals surface area contributed by atoms with Crippen LogP contribution in [0.25, 0.3) is 10.6 Å². The molecule has 0 fully saturated rings. The summed E-state index contributed by atoms with van der Waals surface area (Å²) in [5.74, 6) is 0.359. The second-order valence-corrected chi connectivity index (χ2v) is 7.80. The van der Waals surface area contributed by atoms with Gasteiger partial charge in [0.05, 0.1) is 14.2 Å². The van der Waals surface area contributed by atoms with Gasteiger partial charge in [-0.15, -0.1) is 11.3 Å². The second kappa shape index (κ2) is 8.67. The summed E-state index contributed by atoms with van der Waals surface area (Å²) in [6.07, 6.45) is 3.17. The first-order valence-electron chi connectivity index (χ1n) is 9.59. The quantitative estimate of drug-likeness (QED) is 0.415. The highest BCUT2D eigenvalue weighted by molar-refractivity contribution is 7.13. The number of hydrogen-bond donors (Lipinski definition) is 0. The van der Waals surface area contributed by atoms with Crippen LogP contribution in [0.5, 0.6) is 11.5 Å². The minimum absolute atomic E-state index is 0.173.